The van der Waals surface area contributed by atoms with Gasteiger partial charge in [-0.3, -0.25) is 0 Å². The molecule has 0 aliphatic carbocycles. The van der Waals surface area contributed by atoms with E-state index in [-0.39, 0.29) is 0 Å². The Morgan fingerprint density at radius 1 is 1.05 bits per heavy atom. The summed E-state index contributed by atoms with van der Waals surface area (Å²) in [5.74, 6) is 1.22. The molecule has 2 aromatic carbocycles. The van der Waals surface area contributed by atoms with Gasteiger partial charge >= 0.3 is 0 Å². The lowest BCUT2D eigenvalue weighted by atomic mass is 10.1. The second kappa shape index (κ2) is 6.56. The van der Waals surface area contributed by atoms with Crippen molar-refractivity contribution in [2.24, 2.45) is 0 Å². The van der Waals surface area contributed by atoms with Crippen LogP contribution < -0.4 is 4.74 Å². The minimum Gasteiger partial charge on any atom is -0.455 e. The minimum atomic E-state index is 0.520. The van der Waals surface area contributed by atoms with E-state index in [1.807, 2.05) is 36.4 Å². The van der Waals surface area contributed by atoms with Crippen molar-refractivity contribution >= 4 is 47.8 Å². The van der Waals surface area contributed by atoms with Crippen molar-refractivity contribution in [2.75, 3.05) is 0 Å². The first-order chi connectivity index (χ1) is 9.13. The van der Waals surface area contributed by atoms with E-state index < -0.39 is 0 Å². The first kappa shape index (κ1) is 14.6. The highest BCUT2D eigenvalue weighted by Crippen LogP contribution is 2.33. The predicted octanol–water partition coefficient (Wildman–Crippen LogP) is 5.77. The molecule has 0 saturated heterocycles. The lowest BCUT2D eigenvalue weighted by molar-refractivity contribution is 0.478. The van der Waals surface area contributed by atoms with Gasteiger partial charge in [-0.15, -0.1) is 0 Å². The molecule has 0 aliphatic rings. The quantitative estimate of drug-likeness (QED) is 0.562. The summed E-state index contributed by atoms with van der Waals surface area (Å²) < 4.78 is 7.57. The molecule has 96 valence electrons. The number of rotatable bonds is 3. The molecule has 5 heteroatoms. The highest BCUT2D eigenvalue weighted by molar-refractivity contribution is 9.11. The Balaban J connectivity index is 2.35. The normalized spacial score (nSPS) is 10.0. The van der Waals surface area contributed by atoms with Gasteiger partial charge < -0.3 is 4.74 Å². The standard InChI is InChI=1S/C14H8Br3NO/c15-7-9-1-3-13(10(5-9)8-18)19-14-4-2-11(16)6-12(14)17/h1-6H,7H2. The number of nitrogens with zero attached hydrogens (tertiary/aromatic N) is 1. The second-order valence-electron chi connectivity index (χ2n) is 3.75. The summed E-state index contributed by atoms with van der Waals surface area (Å²) in [6.07, 6.45) is 0. The molecule has 0 amide bonds. The fraction of sp³-hybridized carbons (Fsp3) is 0.0714. The summed E-state index contributed by atoms with van der Waals surface area (Å²) in [4.78, 5) is 0. The Morgan fingerprint density at radius 2 is 1.79 bits per heavy atom. The maximum atomic E-state index is 9.17. The summed E-state index contributed by atoms with van der Waals surface area (Å²) in [6.45, 7) is 0. The molecule has 0 spiro atoms. The van der Waals surface area contributed by atoms with Crippen molar-refractivity contribution < 1.29 is 4.74 Å². The fourth-order valence-electron chi connectivity index (χ4n) is 1.51. The van der Waals surface area contributed by atoms with Crippen LogP contribution >= 0.6 is 47.8 Å². The Bertz CT molecular complexity index is 650. The lowest BCUT2D eigenvalue weighted by Gasteiger charge is -2.10. The average Bonchev–Trinajstić information content (AvgIpc) is 2.42. The smallest absolute Gasteiger partial charge is 0.145 e. The number of benzene rings is 2. The molecular formula is C14H8Br3NO. The van der Waals surface area contributed by atoms with Crippen LogP contribution in [0.25, 0.3) is 0 Å². The van der Waals surface area contributed by atoms with Gasteiger partial charge in [-0.1, -0.05) is 37.9 Å². The van der Waals surface area contributed by atoms with Crippen LogP contribution in [0, 0.1) is 11.3 Å². The van der Waals surface area contributed by atoms with Gasteiger partial charge in [0.1, 0.15) is 17.6 Å². The van der Waals surface area contributed by atoms with Crippen LogP contribution in [0.2, 0.25) is 0 Å². The third-order valence-corrected chi connectivity index (χ3v) is 4.19. The molecule has 0 bridgehead atoms. The first-order valence-electron chi connectivity index (χ1n) is 5.36. The Kier molecular flexibility index (Phi) is 5.03. The SMILES string of the molecule is N#Cc1cc(CBr)ccc1Oc1ccc(Br)cc1Br. The molecule has 0 atom stereocenters. The maximum Gasteiger partial charge on any atom is 0.145 e. The van der Waals surface area contributed by atoms with E-state index in [4.69, 9.17) is 10.00 Å². The van der Waals surface area contributed by atoms with Gasteiger partial charge in [0, 0.05) is 9.80 Å². The van der Waals surface area contributed by atoms with Gasteiger partial charge in [0.25, 0.3) is 0 Å². The largest absolute Gasteiger partial charge is 0.455 e. The topological polar surface area (TPSA) is 33.0 Å². The monoisotopic (exact) mass is 443 g/mol. The molecular weight excluding hydrogens is 438 g/mol. The third kappa shape index (κ3) is 3.59. The highest BCUT2D eigenvalue weighted by Gasteiger charge is 2.08. The van der Waals surface area contributed by atoms with Crippen LogP contribution in [-0.4, -0.2) is 0 Å². The van der Waals surface area contributed by atoms with Crippen LogP contribution in [0.5, 0.6) is 11.5 Å². The minimum absolute atomic E-state index is 0.520. The predicted molar refractivity (Wildman–Crippen MR) is 85.7 cm³/mol. The van der Waals surface area contributed by atoms with Crippen molar-refractivity contribution in [1.29, 1.82) is 5.26 Å². The maximum absolute atomic E-state index is 9.17. The zero-order valence-corrected chi connectivity index (χ0v) is 14.4. The van der Waals surface area contributed by atoms with E-state index >= 15 is 0 Å². The molecule has 0 aliphatic heterocycles. The molecule has 2 nitrogen and oxygen atoms in total. The molecule has 2 rings (SSSR count). The van der Waals surface area contributed by atoms with Crippen molar-refractivity contribution in [3.05, 3.63) is 56.5 Å². The molecule has 0 heterocycles. The summed E-state index contributed by atoms with van der Waals surface area (Å²) in [5, 5.41) is 9.88. The highest BCUT2D eigenvalue weighted by atomic mass is 79.9. The zero-order chi connectivity index (χ0) is 13.8. The van der Waals surface area contributed by atoms with Gasteiger partial charge in [0.15, 0.2) is 0 Å². The van der Waals surface area contributed by atoms with Gasteiger partial charge in [-0.2, -0.15) is 5.26 Å². The van der Waals surface area contributed by atoms with Crippen LogP contribution in [0.1, 0.15) is 11.1 Å². The number of ether oxygens (including phenoxy) is 1. The van der Waals surface area contributed by atoms with Gasteiger partial charge in [-0.05, 0) is 51.8 Å². The molecule has 0 radical (unpaired) electrons. The van der Waals surface area contributed by atoms with Crippen LogP contribution in [-0.2, 0) is 5.33 Å². The first-order valence-corrected chi connectivity index (χ1v) is 8.06. The number of halogens is 3. The fourth-order valence-corrected chi connectivity index (χ4v) is 2.99. The van der Waals surface area contributed by atoms with E-state index in [1.165, 1.54) is 0 Å². The van der Waals surface area contributed by atoms with Gasteiger partial charge in [0.2, 0.25) is 0 Å². The molecule has 19 heavy (non-hydrogen) atoms. The van der Waals surface area contributed by atoms with E-state index in [0.29, 0.717) is 22.4 Å². The van der Waals surface area contributed by atoms with E-state index in [9.17, 15) is 0 Å². The Hall–Kier alpha value is -0.830. The number of nitriles is 1. The average molecular weight is 446 g/mol. The lowest BCUT2D eigenvalue weighted by Crippen LogP contribution is -1.91. The Labute approximate surface area is 136 Å². The van der Waals surface area contributed by atoms with E-state index in [2.05, 4.69) is 53.9 Å². The molecule has 0 fully saturated rings. The molecule has 0 aromatic heterocycles. The summed E-state index contributed by atoms with van der Waals surface area (Å²) >= 11 is 10.2. The van der Waals surface area contributed by atoms with E-state index in [1.54, 1.807) is 0 Å². The van der Waals surface area contributed by atoms with Crippen LogP contribution in [0.3, 0.4) is 0 Å². The van der Waals surface area contributed by atoms with E-state index in [0.717, 1.165) is 14.5 Å². The number of alkyl halides is 1. The second-order valence-corrected chi connectivity index (χ2v) is 6.08. The number of hydrogen-bond donors (Lipinski definition) is 0. The molecule has 0 saturated carbocycles. The summed E-state index contributed by atoms with van der Waals surface area (Å²) in [7, 11) is 0. The molecule has 2 aromatic rings. The summed E-state index contributed by atoms with van der Waals surface area (Å²) in [6, 6.07) is 13.3. The summed E-state index contributed by atoms with van der Waals surface area (Å²) in [5.41, 5.74) is 1.56. The van der Waals surface area contributed by atoms with Crippen molar-refractivity contribution in [3.8, 4) is 17.6 Å². The van der Waals surface area contributed by atoms with Crippen LogP contribution in [0.15, 0.2) is 45.3 Å². The van der Waals surface area contributed by atoms with Gasteiger partial charge in [-0.25, -0.2) is 0 Å². The zero-order valence-electron chi connectivity index (χ0n) is 9.66. The van der Waals surface area contributed by atoms with Crippen LogP contribution in [0.4, 0.5) is 0 Å². The van der Waals surface area contributed by atoms with Crippen molar-refractivity contribution in [2.45, 2.75) is 5.33 Å². The Morgan fingerprint density at radius 3 is 2.42 bits per heavy atom. The third-order valence-electron chi connectivity index (χ3n) is 2.43. The molecule has 0 N–H and O–H groups in total. The molecule has 0 unspecified atom stereocenters. The van der Waals surface area contributed by atoms with Gasteiger partial charge in [0.05, 0.1) is 10.0 Å². The number of hydrogen-bond acceptors (Lipinski definition) is 2. The van der Waals surface area contributed by atoms with Crippen molar-refractivity contribution in [3.63, 3.8) is 0 Å². The van der Waals surface area contributed by atoms with Crippen molar-refractivity contribution in [1.82, 2.24) is 0 Å².